The molecule has 3 rings (SSSR count). The third kappa shape index (κ3) is 4.74. The molecule has 3 N–H and O–H groups in total. The van der Waals surface area contributed by atoms with Crippen molar-refractivity contribution in [2.24, 2.45) is 0 Å². The molecule has 0 unspecified atom stereocenters. The number of para-hydroxylation sites is 2. The molecule has 0 spiro atoms. The second kappa shape index (κ2) is 9.42. The molecule has 0 saturated heterocycles. The van der Waals surface area contributed by atoms with Crippen molar-refractivity contribution in [1.82, 2.24) is 15.1 Å². The minimum absolute atomic E-state index is 0.0793. The van der Waals surface area contributed by atoms with Crippen LogP contribution in [-0.4, -0.2) is 29.3 Å². The van der Waals surface area contributed by atoms with Gasteiger partial charge in [-0.05, 0) is 31.0 Å². The highest BCUT2D eigenvalue weighted by atomic mass is 16.5. The van der Waals surface area contributed by atoms with Crippen LogP contribution in [0.3, 0.4) is 0 Å². The Morgan fingerprint density at radius 3 is 2.66 bits per heavy atom. The van der Waals surface area contributed by atoms with E-state index in [4.69, 9.17) is 10.5 Å². The van der Waals surface area contributed by atoms with E-state index >= 15 is 0 Å². The summed E-state index contributed by atoms with van der Waals surface area (Å²) in [4.78, 5) is 12.2. The summed E-state index contributed by atoms with van der Waals surface area (Å²) in [5, 5.41) is 16.9. The number of nitriles is 1. The molecule has 1 heterocycles. The maximum absolute atomic E-state index is 12.2. The molecule has 1 aromatic heterocycles. The number of aryl methyl sites for hydroxylation is 1. The summed E-state index contributed by atoms with van der Waals surface area (Å²) in [5.74, 6) is 0.946. The zero-order valence-corrected chi connectivity index (χ0v) is 16.3. The molecule has 0 atom stereocenters. The van der Waals surface area contributed by atoms with E-state index in [1.807, 2.05) is 54.6 Å². The molecular weight excluding hydrogens is 366 g/mol. The monoisotopic (exact) mass is 389 g/mol. The number of nitrogens with one attached hydrogen (secondary N) is 1. The van der Waals surface area contributed by atoms with Crippen molar-refractivity contribution in [3.8, 4) is 17.5 Å². The molecular formula is C22H23N5O2. The smallest absolute Gasteiger partial charge is 0.224 e. The van der Waals surface area contributed by atoms with E-state index < -0.39 is 0 Å². The van der Waals surface area contributed by atoms with Crippen LogP contribution >= 0.6 is 0 Å². The molecule has 0 aliphatic rings. The number of aromatic nitrogens is 2. The predicted molar refractivity (Wildman–Crippen MR) is 111 cm³/mol. The SMILES string of the molecule is COc1ccccc1CC(=O)NCCCc1nn(-c2ccccc2)c(N)c1C#N. The number of carbonyl (C=O) groups is 1. The zero-order chi connectivity index (χ0) is 20.6. The zero-order valence-electron chi connectivity index (χ0n) is 16.3. The summed E-state index contributed by atoms with van der Waals surface area (Å²) in [7, 11) is 1.59. The van der Waals surface area contributed by atoms with Gasteiger partial charge in [-0.25, -0.2) is 4.68 Å². The molecule has 7 nitrogen and oxygen atoms in total. The molecule has 0 radical (unpaired) electrons. The van der Waals surface area contributed by atoms with Crippen molar-refractivity contribution >= 4 is 11.7 Å². The molecule has 7 heteroatoms. The summed E-state index contributed by atoms with van der Waals surface area (Å²) in [6, 6.07) is 19.0. The van der Waals surface area contributed by atoms with Crippen LogP contribution in [0.25, 0.3) is 5.69 Å². The lowest BCUT2D eigenvalue weighted by Crippen LogP contribution is -2.26. The van der Waals surface area contributed by atoms with Gasteiger partial charge in [0.2, 0.25) is 5.91 Å². The molecule has 1 amide bonds. The van der Waals surface area contributed by atoms with E-state index in [2.05, 4.69) is 16.5 Å². The van der Waals surface area contributed by atoms with E-state index in [9.17, 15) is 10.1 Å². The van der Waals surface area contributed by atoms with Crippen LogP contribution in [0, 0.1) is 11.3 Å². The molecule has 0 fully saturated rings. The van der Waals surface area contributed by atoms with Gasteiger partial charge < -0.3 is 15.8 Å². The van der Waals surface area contributed by atoms with Gasteiger partial charge in [0.25, 0.3) is 0 Å². The van der Waals surface area contributed by atoms with Crippen LogP contribution in [0.4, 0.5) is 5.82 Å². The van der Waals surface area contributed by atoms with Gasteiger partial charge in [0.05, 0.1) is 24.9 Å². The summed E-state index contributed by atoms with van der Waals surface area (Å²) in [5.41, 5.74) is 8.77. The maximum atomic E-state index is 12.2. The first-order valence-corrected chi connectivity index (χ1v) is 9.35. The van der Waals surface area contributed by atoms with Crippen LogP contribution < -0.4 is 15.8 Å². The first-order valence-electron chi connectivity index (χ1n) is 9.35. The molecule has 148 valence electrons. The second-order valence-corrected chi connectivity index (χ2v) is 6.51. The Labute approximate surface area is 169 Å². The Balaban J connectivity index is 1.57. The van der Waals surface area contributed by atoms with E-state index in [1.54, 1.807) is 11.8 Å². The normalized spacial score (nSPS) is 10.3. The average Bonchev–Trinajstić information content (AvgIpc) is 3.07. The molecule has 3 aromatic rings. The van der Waals surface area contributed by atoms with Gasteiger partial charge in [-0.15, -0.1) is 0 Å². The van der Waals surface area contributed by atoms with Gasteiger partial charge in [-0.2, -0.15) is 10.4 Å². The lowest BCUT2D eigenvalue weighted by atomic mass is 10.1. The van der Waals surface area contributed by atoms with Crippen molar-refractivity contribution in [1.29, 1.82) is 5.26 Å². The van der Waals surface area contributed by atoms with Gasteiger partial charge in [0.15, 0.2) is 0 Å². The molecule has 0 saturated carbocycles. The summed E-state index contributed by atoms with van der Waals surface area (Å²) >= 11 is 0. The number of hydrogen-bond donors (Lipinski definition) is 2. The van der Waals surface area contributed by atoms with E-state index in [-0.39, 0.29) is 12.3 Å². The number of rotatable bonds is 8. The van der Waals surface area contributed by atoms with Crippen LogP contribution in [0.2, 0.25) is 0 Å². The Morgan fingerprint density at radius 2 is 1.93 bits per heavy atom. The minimum Gasteiger partial charge on any atom is -0.496 e. The fourth-order valence-corrected chi connectivity index (χ4v) is 3.11. The van der Waals surface area contributed by atoms with Gasteiger partial charge in [-0.3, -0.25) is 4.79 Å². The van der Waals surface area contributed by atoms with E-state index in [0.29, 0.717) is 42.2 Å². The predicted octanol–water partition coefficient (Wildman–Crippen LogP) is 2.63. The fourth-order valence-electron chi connectivity index (χ4n) is 3.11. The standard InChI is InChI=1S/C22H23N5O2/c1-29-20-12-6-5-8-16(20)14-21(28)25-13-7-11-19-18(15-23)22(24)27(26-19)17-9-3-2-4-10-17/h2-6,8-10,12H,7,11,13-14,24H2,1H3,(H,25,28). The van der Waals surface area contributed by atoms with Crippen molar-refractivity contribution < 1.29 is 9.53 Å². The maximum Gasteiger partial charge on any atom is 0.224 e. The lowest BCUT2D eigenvalue weighted by Gasteiger charge is -2.08. The lowest BCUT2D eigenvalue weighted by molar-refractivity contribution is -0.120. The van der Waals surface area contributed by atoms with E-state index in [0.717, 1.165) is 11.3 Å². The van der Waals surface area contributed by atoms with Crippen LogP contribution in [-0.2, 0) is 17.6 Å². The topological polar surface area (TPSA) is 106 Å². The van der Waals surface area contributed by atoms with Crippen molar-refractivity contribution in [3.63, 3.8) is 0 Å². The molecule has 0 aliphatic carbocycles. The van der Waals surface area contributed by atoms with Crippen LogP contribution in [0.1, 0.15) is 23.2 Å². The van der Waals surface area contributed by atoms with Gasteiger partial charge >= 0.3 is 0 Å². The quantitative estimate of drug-likeness (QED) is 0.576. The highest BCUT2D eigenvalue weighted by Gasteiger charge is 2.16. The first kappa shape index (κ1) is 20.0. The van der Waals surface area contributed by atoms with Gasteiger partial charge in [0, 0.05) is 12.1 Å². The number of amides is 1. The minimum atomic E-state index is -0.0793. The largest absolute Gasteiger partial charge is 0.496 e. The highest BCUT2D eigenvalue weighted by molar-refractivity contribution is 5.79. The molecule has 2 aromatic carbocycles. The third-order valence-corrected chi connectivity index (χ3v) is 4.56. The number of hydrogen-bond acceptors (Lipinski definition) is 5. The Bertz CT molecular complexity index is 1020. The van der Waals surface area contributed by atoms with Crippen molar-refractivity contribution in [2.75, 3.05) is 19.4 Å². The van der Waals surface area contributed by atoms with Crippen molar-refractivity contribution in [3.05, 3.63) is 71.4 Å². The number of methoxy groups -OCH3 is 1. The first-order chi connectivity index (χ1) is 14.1. The van der Waals surface area contributed by atoms with Crippen LogP contribution in [0.15, 0.2) is 54.6 Å². The Morgan fingerprint density at radius 1 is 1.21 bits per heavy atom. The molecule has 29 heavy (non-hydrogen) atoms. The summed E-state index contributed by atoms with van der Waals surface area (Å²) in [6.45, 7) is 0.483. The number of carbonyl (C=O) groups excluding carboxylic acids is 1. The summed E-state index contributed by atoms with van der Waals surface area (Å²) < 4.78 is 6.85. The number of nitrogen functional groups attached to an aromatic ring is 1. The fraction of sp³-hybridized carbons (Fsp3) is 0.227. The van der Waals surface area contributed by atoms with Gasteiger partial charge in [-0.1, -0.05) is 36.4 Å². The number of anilines is 1. The van der Waals surface area contributed by atoms with Gasteiger partial charge in [0.1, 0.15) is 23.2 Å². The highest BCUT2D eigenvalue weighted by Crippen LogP contribution is 2.21. The second-order valence-electron chi connectivity index (χ2n) is 6.51. The Kier molecular flexibility index (Phi) is 6.48. The Hall–Kier alpha value is -3.79. The number of benzene rings is 2. The molecule has 0 aliphatic heterocycles. The van der Waals surface area contributed by atoms with E-state index in [1.165, 1.54) is 0 Å². The average molecular weight is 389 g/mol. The number of nitrogens with two attached hydrogens (primary N) is 1. The summed E-state index contributed by atoms with van der Waals surface area (Å²) in [6.07, 6.45) is 1.45. The number of nitrogens with zero attached hydrogens (tertiary/aromatic N) is 3. The van der Waals surface area contributed by atoms with Crippen LogP contribution in [0.5, 0.6) is 5.75 Å². The third-order valence-electron chi connectivity index (χ3n) is 4.56. The molecule has 0 bridgehead atoms. The number of ether oxygens (including phenoxy) is 1. The van der Waals surface area contributed by atoms with Crippen molar-refractivity contribution in [2.45, 2.75) is 19.3 Å².